The van der Waals surface area contributed by atoms with Gasteiger partial charge in [-0.05, 0) is 27.2 Å². The molecule has 0 aromatic heterocycles. The lowest BCUT2D eigenvalue weighted by Gasteiger charge is -2.30. The zero-order valence-electron chi connectivity index (χ0n) is 10.6. The molecular formula is C13H22O3. The van der Waals surface area contributed by atoms with Crippen molar-refractivity contribution >= 4 is 5.97 Å². The van der Waals surface area contributed by atoms with E-state index in [0.29, 0.717) is 6.42 Å². The van der Waals surface area contributed by atoms with Crippen molar-refractivity contribution in [2.45, 2.75) is 58.7 Å². The summed E-state index contributed by atoms with van der Waals surface area (Å²) >= 11 is 0. The molecule has 1 N–H and O–H groups in total. The Morgan fingerprint density at radius 2 is 2.31 bits per heavy atom. The predicted octanol–water partition coefficient (Wildman–Crippen LogP) is 2.44. The number of hydrogen-bond acceptors (Lipinski definition) is 3. The molecule has 0 saturated carbocycles. The third-order valence-electron chi connectivity index (χ3n) is 3.13. The summed E-state index contributed by atoms with van der Waals surface area (Å²) in [6.45, 7) is 7.62. The average Bonchev–Trinajstić information content (AvgIpc) is 2.47. The Morgan fingerprint density at radius 1 is 1.69 bits per heavy atom. The van der Waals surface area contributed by atoms with Crippen LogP contribution in [0.4, 0.5) is 0 Å². The Kier molecular flexibility index (Phi) is 4.14. The molecule has 0 unspecified atom stereocenters. The minimum atomic E-state index is -1.33. The van der Waals surface area contributed by atoms with E-state index in [1.807, 2.05) is 13.0 Å². The average molecular weight is 226 g/mol. The van der Waals surface area contributed by atoms with Gasteiger partial charge in [-0.3, -0.25) is 0 Å². The second-order valence-electron chi connectivity index (χ2n) is 4.87. The zero-order valence-corrected chi connectivity index (χ0v) is 10.6. The Balaban J connectivity index is 2.80. The molecule has 0 saturated heterocycles. The van der Waals surface area contributed by atoms with E-state index in [1.165, 1.54) is 0 Å². The van der Waals surface area contributed by atoms with Crippen LogP contribution in [0.25, 0.3) is 0 Å². The van der Waals surface area contributed by atoms with Crippen LogP contribution in [0.2, 0.25) is 0 Å². The Labute approximate surface area is 97.5 Å². The maximum Gasteiger partial charge on any atom is 0.339 e. The van der Waals surface area contributed by atoms with E-state index in [9.17, 15) is 9.90 Å². The van der Waals surface area contributed by atoms with E-state index in [0.717, 1.165) is 18.4 Å². The molecule has 0 bridgehead atoms. The van der Waals surface area contributed by atoms with Crippen molar-refractivity contribution in [3.8, 4) is 0 Å². The van der Waals surface area contributed by atoms with Gasteiger partial charge in [0.05, 0.1) is 6.10 Å². The van der Waals surface area contributed by atoms with Gasteiger partial charge in [-0.15, -0.1) is 0 Å². The quantitative estimate of drug-likeness (QED) is 0.591. The van der Waals surface area contributed by atoms with Gasteiger partial charge in [-0.25, -0.2) is 4.79 Å². The summed E-state index contributed by atoms with van der Waals surface area (Å²) in [4.78, 5) is 11.9. The molecule has 0 amide bonds. The summed E-state index contributed by atoms with van der Waals surface area (Å²) in [6.07, 6.45) is 3.93. The maximum absolute atomic E-state index is 11.9. The van der Waals surface area contributed by atoms with Gasteiger partial charge in [-0.1, -0.05) is 25.0 Å². The van der Waals surface area contributed by atoms with Crippen molar-refractivity contribution < 1.29 is 14.6 Å². The first kappa shape index (κ1) is 13.2. The smallest absolute Gasteiger partial charge is 0.339 e. The lowest BCUT2D eigenvalue weighted by Crippen LogP contribution is -2.45. The highest BCUT2D eigenvalue weighted by atomic mass is 16.6. The van der Waals surface area contributed by atoms with E-state index < -0.39 is 11.6 Å². The van der Waals surface area contributed by atoms with Crippen molar-refractivity contribution in [3.05, 3.63) is 11.6 Å². The fraction of sp³-hybridized carbons (Fsp3) is 0.769. The number of rotatable bonds is 4. The predicted molar refractivity (Wildman–Crippen MR) is 62.9 cm³/mol. The van der Waals surface area contributed by atoms with Gasteiger partial charge >= 0.3 is 5.97 Å². The second-order valence-corrected chi connectivity index (χ2v) is 4.87. The first-order chi connectivity index (χ1) is 7.41. The molecule has 1 rings (SSSR count). The molecule has 0 heterocycles. The van der Waals surface area contributed by atoms with Gasteiger partial charge < -0.3 is 9.84 Å². The van der Waals surface area contributed by atoms with Gasteiger partial charge in [-0.2, -0.15) is 0 Å². The van der Waals surface area contributed by atoms with Crippen LogP contribution < -0.4 is 0 Å². The molecule has 0 fully saturated rings. The van der Waals surface area contributed by atoms with Gasteiger partial charge in [0.2, 0.25) is 0 Å². The van der Waals surface area contributed by atoms with E-state index in [-0.39, 0.29) is 12.0 Å². The molecule has 0 aromatic carbocycles. The van der Waals surface area contributed by atoms with Crippen LogP contribution in [-0.2, 0) is 9.53 Å². The van der Waals surface area contributed by atoms with Crippen LogP contribution in [-0.4, -0.2) is 22.8 Å². The highest BCUT2D eigenvalue weighted by Gasteiger charge is 2.48. The number of hydrogen-bond donors (Lipinski definition) is 1. The third kappa shape index (κ3) is 2.46. The number of carbonyl (C=O) groups is 1. The van der Waals surface area contributed by atoms with Crippen molar-refractivity contribution in [2.75, 3.05) is 0 Å². The largest absolute Gasteiger partial charge is 0.461 e. The van der Waals surface area contributed by atoms with E-state index in [1.54, 1.807) is 13.8 Å². The normalized spacial score (nSPS) is 29.4. The zero-order chi connectivity index (χ0) is 12.3. The van der Waals surface area contributed by atoms with E-state index in [4.69, 9.17) is 4.74 Å². The number of esters is 1. The Bertz CT molecular complexity index is 294. The standard InChI is InChI=1S/C13H22O3/c1-5-6-11-10(4)7-8-13(11,15)12(14)16-9(2)3/h7,9,11,15H,5-6,8H2,1-4H3/t11-,13+/m0/s1. The highest BCUT2D eigenvalue weighted by molar-refractivity contribution is 5.81. The third-order valence-corrected chi connectivity index (χ3v) is 3.13. The molecule has 0 aliphatic heterocycles. The van der Waals surface area contributed by atoms with Crippen LogP contribution in [0, 0.1) is 5.92 Å². The van der Waals surface area contributed by atoms with Crippen molar-refractivity contribution in [1.82, 2.24) is 0 Å². The highest BCUT2D eigenvalue weighted by Crippen LogP contribution is 2.39. The molecule has 16 heavy (non-hydrogen) atoms. The summed E-state index contributed by atoms with van der Waals surface area (Å²) in [5.74, 6) is -0.558. The fourth-order valence-electron chi connectivity index (χ4n) is 2.27. The summed E-state index contributed by atoms with van der Waals surface area (Å²) < 4.78 is 5.14. The fourth-order valence-corrected chi connectivity index (χ4v) is 2.27. The lowest BCUT2D eigenvalue weighted by molar-refractivity contribution is -0.173. The van der Waals surface area contributed by atoms with Crippen molar-refractivity contribution in [1.29, 1.82) is 0 Å². The Morgan fingerprint density at radius 3 is 2.81 bits per heavy atom. The minimum Gasteiger partial charge on any atom is -0.461 e. The topological polar surface area (TPSA) is 46.5 Å². The molecule has 92 valence electrons. The van der Waals surface area contributed by atoms with Crippen LogP contribution in [0.1, 0.15) is 47.0 Å². The first-order valence-electron chi connectivity index (χ1n) is 6.02. The molecule has 2 atom stereocenters. The summed E-state index contributed by atoms with van der Waals surface area (Å²) in [7, 11) is 0. The molecule has 3 nitrogen and oxygen atoms in total. The van der Waals surface area contributed by atoms with Crippen molar-refractivity contribution in [3.63, 3.8) is 0 Å². The minimum absolute atomic E-state index is 0.0799. The SMILES string of the molecule is CCC[C@H]1C(C)=CC[C@]1(O)C(=O)OC(C)C. The number of aliphatic hydroxyl groups is 1. The van der Waals surface area contributed by atoms with Crippen LogP contribution in [0.5, 0.6) is 0 Å². The lowest BCUT2D eigenvalue weighted by atomic mass is 9.83. The van der Waals surface area contributed by atoms with E-state index >= 15 is 0 Å². The van der Waals surface area contributed by atoms with Gasteiger partial charge in [0.1, 0.15) is 0 Å². The van der Waals surface area contributed by atoms with Gasteiger partial charge in [0.15, 0.2) is 5.60 Å². The molecule has 0 radical (unpaired) electrons. The Hall–Kier alpha value is -0.830. The first-order valence-corrected chi connectivity index (χ1v) is 6.02. The molecular weight excluding hydrogens is 204 g/mol. The van der Waals surface area contributed by atoms with Crippen molar-refractivity contribution in [2.24, 2.45) is 5.92 Å². The van der Waals surface area contributed by atoms with Crippen LogP contribution in [0.15, 0.2) is 11.6 Å². The molecule has 1 aliphatic carbocycles. The summed E-state index contributed by atoms with van der Waals surface area (Å²) in [5, 5.41) is 10.4. The second kappa shape index (κ2) is 5.00. The number of carbonyl (C=O) groups excluding carboxylic acids is 1. The van der Waals surface area contributed by atoms with E-state index in [2.05, 4.69) is 6.92 Å². The van der Waals surface area contributed by atoms with Gasteiger partial charge in [0.25, 0.3) is 0 Å². The van der Waals surface area contributed by atoms with Gasteiger partial charge in [0, 0.05) is 12.3 Å². The molecule has 3 heteroatoms. The van der Waals surface area contributed by atoms with Crippen LogP contribution in [0.3, 0.4) is 0 Å². The molecule has 0 aromatic rings. The molecule has 1 aliphatic rings. The van der Waals surface area contributed by atoms with Crippen LogP contribution >= 0.6 is 0 Å². The number of ether oxygens (including phenoxy) is 1. The maximum atomic E-state index is 11.9. The monoisotopic (exact) mass is 226 g/mol. The summed E-state index contributed by atoms with van der Waals surface area (Å²) in [6, 6.07) is 0. The molecule has 0 spiro atoms. The summed E-state index contributed by atoms with van der Waals surface area (Å²) in [5.41, 5.74) is -0.227.